The summed E-state index contributed by atoms with van der Waals surface area (Å²) in [5, 5.41) is 13.9. The first-order valence-corrected chi connectivity index (χ1v) is 7.98. The minimum absolute atomic E-state index is 0.265. The van der Waals surface area contributed by atoms with Crippen molar-refractivity contribution >= 4 is 28.8 Å². The number of thiophene rings is 1. The van der Waals surface area contributed by atoms with E-state index >= 15 is 0 Å². The van der Waals surface area contributed by atoms with Crippen molar-refractivity contribution in [1.29, 1.82) is 0 Å². The van der Waals surface area contributed by atoms with Gasteiger partial charge >= 0.3 is 0 Å². The second kappa shape index (κ2) is 5.73. The normalized spacial score (nSPS) is 11.8. The first kappa shape index (κ1) is 14.5. The van der Waals surface area contributed by atoms with Gasteiger partial charge in [0.15, 0.2) is 0 Å². The smallest absolute Gasteiger partial charge is 0.116 e. The van der Waals surface area contributed by atoms with Crippen LogP contribution in [0.15, 0.2) is 41.2 Å². The zero-order valence-electron chi connectivity index (χ0n) is 12.6. The van der Waals surface area contributed by atoms with Gasteiger partial charge in [-0.15, -0.1) is 0 Å². The summed E-state index contributed by atoms with van der Waals surface area (Å²) < 4.78 is 0. The number of aromatic hydroxyl groups is 1. The number of phenols is 1. The SMILES string of the molecule is C/C(=C\c1c(-c2cscc2C)c[nH]c1N)c1cccc(O)c1. The molecular weight excluding hydrogens is 292 g/mol. The number of H-pyrrole nitrogens is 1. The molecule has 2 aromatic heterocycles. The van der Waals surface area contributed by atoms with Gasteiger partial charge in [0, 0.05) is 17.3 Å². The standard InChI is InChI=1S/C18H18N2OS/c1-11(13-4-3-5-14(21)7-13)6-15-16(8-20-18(15)19)17-10-22-9-12(17)2/h3-10,20-21H,19H2,1-2H3/b11-6+. The number of rotatable bonds is 3. The molecule has 0 aliphatic rings. The number of anilines is 1. The lowest BCUT2D eigenvalue weighted by Crippen LogP contribution is -1.89. The summed E-state index contributed by atoms with van der Waals surface area (Å²) in [6, 6.07) is 7.24. The van der Waals surface area contributed by atoms with Crippen LogP contribution in [0.2, 0.25) is 0 Å². The van der Waals surface area contributed by atoms with Crippen LogP contribution in [0, 0.1) is 6.92 Å². The number of aromatic amines is 1. The van der Waals surface area contributed by atoms with Gasteiger partial charge in [-0.05, 0) is 65.1 Å². The van der Waals surface area contributed by atoms with E-state index in [-0.39, 0.29) is 5.75 Å². The fraction of sp³-hybridized carbons (Fsp3) is 0.111. The van der Waals surface area contributed by atoms with Gasteiger partial charge in [-0.3, -0.25) is 0 Å². The number of hydrogen-bond acceptors (Lipinski definition) is 3. The molecule has 112 valence electrons. The molecule has 22 heavy (non-hydrogen) atoms. The maximum atomic E-state index is 9.63. The maximum absolute atomic E-state index is 9.63. The summed E-state index contributed by atoms with van der Waals surface area (Å²) in [6.45, 7) is 4.12. The largest absolute Gasteiger partial charge is 0.508 e. The number of hydrogen-bond donors (Lipinski definition) is 3. The van der Waals surface area contributed by atoms with E-state index in [4.69, 9.17) is 5.73 Å². The Balaban J connectivity index is 2.08. The van der Waals surface area contributed by atoms with Crippen LogP contribution in [0.4, 0.5) is 5.82 Å². The van der Waals surface area contributed by atoms with Gasteiger partial charge in [0.1, 0.15) is 11.6 Å². The van der Waals surface area contributed by atoms with E-state index in [2.05, 4.69) is 28.7 Å². The molecule has 0 atom stereocenters. The van der Waals surface area contributed by atoms with Crippen molar-refractivity contribution in [2.75, 3.05) is 5.73 Å². The molecule has 3 rings (SSSR count). The predicted molar refractivity (Wildman–Crippen MR) is 94.9 cm³/mol. The van der Waals surface area contributed by atoms with Gasteiger partial charge in [-0.2, -0.15) is 11.3 Å². The van der Waals surface area contributed by atoms with Gasteiger partial charge in [-0.1, -0.05) is 12.1 Å². The summed E-state index contributed by atoms with van der Waals surface area (Å²) in [7, 11) is 0. The zero-order valence-corrected chi connectivity index (χ0v) is 13.4. The summed E-state index contributed by atoms with van der Waals surface area (Å²) >= 11 is 1.69. The number of nitrogens with two attached hydrogens (primary N) is 1. The van der Waals surface area contributed by atoms with E-state index in [1.54, 1.807) is 23.5 Å². The highest BCUT2D eigenvalue weighted by Gasteiger charge is 2.12. The van der Waals surface area contributed by atoms with Crippen LogP contribution >= 0.6 is 11.3 Å². The average Bonchev–Trinajstić information content (AvgIpc) is 3.06. The number of allylic oxidation sites excluding steroid dienone is 1. The molecule has 0 radical (unpaired) electrons. The highest BCUT2D eigenvalue weighted by molar-refractivity contribution is 7.08. The number of phenolic OH excluding ortho intramolecular Hbond substituents is 1. The Morgan fingerprint density at radius 3 is 2.77 bits per heavy atom. The molecule has 0 fully saturated rings. The molecule has 0 spiro atoms. The molecule has 3 aromatic rings. The Morgan fingerprint density at radius 2 is 2.09 bits per heavy atom. The third kappa shape index (κ3) is 2.65. The quantitative estimate of drug-likeness (QED) is 0.644. The Labute approximate surface area is 133 Å². The van der Waals surface area contributed by atoms with Crippen LogP contribution < -0.4 is 5.73 Å². The van der Waals surface area contributed by atoms with Crippen LogP contribution in [-0.4, -0.2) is 10.1 Å². The number of aryl methyl sites for hydroxylation is 1. The number of nitrogens with one attached hydrogen (secondary N) is 1. The van der Waals surface area contributed by atoms with E-state index in [0.29, 0.717) is 5.82 Å². The molecule has 1 aromatic carbocycles. The fourth-order valence-electron chi connectivity index (χ4n) is 2.52. The van der Waals surface area contributed by atoms with Gasteiger partial charge in [0.25, 0.3) is 0 Å². The van der Waals surface area contributed by atoms with E-state index in [1.165, 1.54) is 11.1 Å². The van der Waals surface area contributed by atoms with Crippen LogP contribution in [0.5, 0.6) is 5.75 Å². The second-order valence-corrected chi connectivity index (χ2v) is 6.12. The van der Waals surface area contributed by atoms with E-state index in [1.807, 2.05) is 25.3 Å². The lowest BCUT2D eigenvalue weighted by atomic mass is 9.99. The van der Waals surface area contributed by atoms with Crippen molar-refractivity contribution in [3.8, 4) is 16.9 Å². The van der Waals surface area contributed by atoms with Crippen molar-refractivity contribution < 1.29 is 5.11 Å². The molecule has 3 nitrogen and oxygen atoms in total. The average molecular weight is 310 g/mol. The third-order valence-corrected chi connectivity index (χ3v) is 4.62. The molecule has 0 saturated heterocycles. The first-order chi connectivity index (χ1) is 10.6. The minimum atomic E-state index is 0.265. The van der Waals surface area contributed by atoms with E-state index in [9.17, 15) is 5.11 Å². The van der Waals surface area contributed by atoms with Gasteiger partial charge in [-0.25, -0.2) is 0 Å². The molecule has 0 saturated carbocycles. The van der Waals surface area contributed by atoms with Crippen LogP contribution in [0.1, 0.15) is 23.6 Å². The third-order valence-electron chi connectivity index (χ3n) is 3.76. The van der Waals surface area contributed by atoms with Crippen molar-refractivity contribution in [2.24, 2.45) is 0 Å². The highest BCUT2D eigenvalue weighted by atomic mass is 32.1. The van der Waals surface area contributed by atoms with Gasteiger partial charge in [0.05, 0.1) is 0 Å². The molecule has 0 aliphatic heterocycles. The summed E-state index contributed by atoms with van der Waals surface area (Å²) in [5.41, 5.74) is 12.7. The topological polar surface area (TPSA) is 62.0 Å². The number of aromatic nitrogens is 1. The molecule has 0 bridgehead atoms. The summed E-state index contributed by atoms with van der Waals surface area (Å²) in [4.78, 5) is 3.11. The van der Waals surface area contributed by atoms with Crippen molar-refractivity contribution in [3.05, 3.63) is 57.9 Å². The molecule has 4 heteroatoms. The Kier molecular flexibility index (Phi) is 3.77. The molecule has 4 N–H and O–H groups in total. The number of nitrogen functional groups attached to an aromatic ring is 1. The first-order valence-electron chi connectivity index (χ1n) is 7.04. The fourth-order valence-corrected chi connectivity index (χ4v) is 3.36. The van der Waals surface area contributed by atoms with Gasteiger partial charge < -0.3 is 15.8 Å². The zero-order chi connectivity index (χ0) is 15.7. The van der Waals surface area contributed by atoms with Crippen LogP contribution in [0.25, 0.3) is 22.8 Å². The van der Waals surface area contributed by atoms with Crippen LogP contribution in [0.3, 0.4) is 0 Å². The Hall–Kier alpha value is -2.46. The molecule has 0 amide bonds. The van der Waals surface area contributed by atoms with Crippen LogP contribution in [-0.2, 0) is 0 Å². The molecular formula is C18H18N2OS. The van der Waals surface area contributed by atoms with Gasteiger partial charge in [0.2, 0.25) is 0 Å². The Morgan fingerprint density at radius 1 is 1.27 bits per heavy atom. The second-order valence-electron chi connectivity index (χ2n) is 5.38. The van der Waals surface area contributed by atoms with Crippen molar-refractivity contribution in [3.63, 3.8) is 0 Å². The summed E-state index contributed by atoms with van der Waals surface area (Å²) in [6.07, 6.45) is 4.01. The van der Waals surface area contributed by atoms with Crippen molar-refractivity contribution in [2.45, 2.75) is 13.8 Å². The molecule has 0 unspecified atom stereocenters. The monoisotopic (exact) mass is 310 g/mol. The lowest BCUT2D eigenvalue weighted by molar-refractivity contribution is 0.475. The minimum Gasteiger partial charge on any atom is -0.508 e. The Bertz CT molecular complexity index is 842. The highest BCUT2D eigenvalue weighted by Crippen LogP contribution is 2.35. The number of benzene rings is 1. The molecule has 0 aliphatic carbocycles. The van der Waals surface area contributed by atoms with E-state index in [0.717, 1.165) is 22.3 Å². The predicted octanol–water partition coefficient (Wildman–Crippen LogP) is 4.90. The summed E-state index contributed by atoms with van der Waals surface area (Å²) in [5.74, 6) is 0.918. The van der Waals surface area contributed by atoms with E-state index < -0.39 is 0 Å². The maximum Gasteiger partial charge on any atom is 0.116 e. The molecule has 2 heterocycles. The lowest BCUT2D eigenvalue weighted by Gasteiger charge is -2.05. The van der Waals surface area contributed by atoms with Crippen molar-refractivity contribution in [1.82, 2.24) is 4.98 Å².